The zero-order valence-corrected chi connectivity index (χ0v) is 8.17. The maximum absolute atomic E-state index is 11.4. The Kier molecular flexibility index (Phi) is 3.91. The molecule has 0 fully saturated rings. The molecule has 1 heterocycles. The third-order valence-corrected chi connectivity index (χ3v) is 1.88. The molecule has 0 spiro atoms. The summed E-state index contributed by atoms with van der Waals surface area (Å²) in [4.78, 5) is 25.3. The topological polar surface area (TPSA) is 62.0 Å². The summed E-state index contributed by atoms with van der Waals surface area (Å²) in [5, 5.41) is 2.68. The molecule has 1 rings (SSSR count). The highest BCUT2D eigenvalue weighted by Crippen LogP contribution is 1.89. The highest BCUT2D eigenvalue weighted by Gasteiger charge is 2.07. The van der Waals surface area contributed by atoms with E-state index in [9.17, 15) is 9.59 Å². The van der Waals surface area contributed by atoms with Gasteiger partial charge >= 0.3 is 0 Å². The van der Waals surface area contributed by atoms with Crippen molar-refractivity contribution in [1.82, 2.24) is 10.3 Å². The van der Waals surface area contributed by atoms with Gasteiger partial charge in [-0.3, -0.25) is 9.59 Å². The fourth-order valence-electron chi connectivity index (χ4n) is 1.07. The van der Waals surface area contributed by atoms with Gasteiger partial charge in [0.2, 0.25) is 0 Å². The van der Waals surface area contributed by atoms with Crippen LogP contribution in [0, 0.1) is 0 Å². The summed E-state index contributed by atoms with van der Waals surface area (Å²) in [5.74, 6) is -0.305. The Morgan fingerprint density at radius 1 is 1.57 bits per heavy atom. The Morgan fingerprint density at radius 3 is 3.00 bits per heavy atom. The molecule has 0 unspecified atom stereocenters. The summed E-state index contributed by atoms with van der Waals surface area (Å²) in [6, 6.07) is 1.34. The van der Waals surface area contributed by atoms with E-state index < -0.39 is 0 Å². The zero-order valence-electron chi connectivity index (χ0n) is 8.17. The molecule has 2 N–H and O–H groups in total. The second kappa shape index (κ2) is 5.21. The van der Waals surface area contributed by atoms with E-state index >= 15 is 0 Å². The molecule has 0 atom stereocenters. The molecule has 0 aromatic carbocycles. The number of hydrogen-bond acceptors (Lipinski definition) is 2. The molecule has 1 aromatic heterocycles. The van der Waals surface area contributed by atoms with Gasteiger partial charge in [0, 0.05) is 25.0 Å². The standard InChI is InChI=1S/C10H14N2O2/c1-2-3-5-12-10(14)8-7-11-6-4-9(8)13/h4,6-7H,2-3,5H2,1H3,(H,11,13)(H,12,14). The van der Waals surface area contributed by atoms with Gasteiger partial charge < -0.3 is 10.3 Å². The third-order valence-electron chi connectivity index (χ3n) is 1.88. The Labute approximate surface area is 82.3 Å². The van der Waals surface area contributed by atoms with E-state index in [-0.39, 0.29) is 16.9 Å². The number of hydrogen-bond donors (Lipinski definition) is 2. The molecule has 0 bridgehead atoms. The van der Waals surface area contributed by atoms with Crippen LogP contribution >= 0.6 is 0 Å². The van der Waals surface area contributed by atoms with E-state index in [2.05, 4.69) is 10.3 Å². The maximum atomic E-state index is 11.4. The van der Waals surface area contributed by atoms with Crippen molar-refractivity contribution in [2.24, 2.45) is 0 Å². The first kappa shape index (κ1) is 10.5. The summed E-state index contributed by atoms with van der Waals surface area (Å²) in [5.41, 5.74) is -0.0821. The number of aromatic amines is 1. The predicted octanol–water partition coefficient (Wildman–Crippen LogP) is 0.905. The average Bonchev–Trinajstić information content (AvgIpc) is 2.18. The highest BCUT2D eigenvalue weighted by molar-refractivity contribution is 5.93. The lowest BCUT2D eigenvalue weighted by molar-refractivity contribution is 0.0952. The zero-order chi connectivity index (χ0) is 10.4. The van der Waals surface area contributed by atoms with Crippen LogP contribution in [0.5, 0.6) is 0 Å². The lowest BCUT2D eigenvalue weighted by Crippen LogP contribution is -2.29. The number of aromatic nitrogens is 1. The van der Waals surface area contributed by atoms with Crippen molar-refractivity contribution in [2.75, 3.05) is 6.54 Å². The van der Waals surface area contributed by atoms with Crippen LogP contribution in [0.15, 0.2) is 23.3 Å². The quantitative estimate of drug-likeness (QED) is 0.700. The van der Waals surface area contributed by atoms with Crippen LogP contribution < -0.4 is 10.7 Å². The van der Waals surface area contributed by atoms with Crippen LogP contribution in [-0.2, 0) is 0 Å². The van der Waals surface area contributed by atoms with E-state index in [1.807, 2.05) is 6.92 Å². The monoisotopic (exact) mass is 194 g/mol. The van der Waals surface area contributed by atoms with Crippen molar-refractivity contribution in [3.63, 3.8) is 0 Å². The molecule has 4 nitrogen and oxygen atoms in total. The Balaban J connectivity index is 2.61. The number of carbonyl (C=O) groups is 1. The fraction of sp³-hybridized carbons (Fsp3) is 0.400. The molecular weight excluding hydrogens is 180 g/mol. The molecule has 1 amide bonds. The molecule has 0 aliphatic heterocycles. The van der Waals surface area contributed by atoms with Gasteiger partial charge in [-0.15, -0.1) is 0 Å². The van der Waals surface area contributed by atoms with Crippen LogP contribution in [0.25, 0.3) is 0 Å². The fourth-order valence-corrected chi connectivity index (χ4v) is 1.07. The molecule has 0 aliphatic rings. The van der Waals surface area contributed by atoms with E-state index in [1.54, 1.807) is 0 Å². The van der Waals surface area contributed by atoms with Crippen LogP contribution in [0.4, 0.5) is 0 Å². The van der Waals surface area contributed by atoms with Crippen molar-refractivity contribution in [3.8, 4) is 0 Å². The molecule has 0 aliphatic carbocycles. The van der Waals surface area contributed by atoms with Gasteiger partial charge in [0.25, 0.3) is 5.91 Å². The molecule has 4 heteroatoms. The van der Waals surface area contributed by atoms with Crippen molar-refractivity contribution < 1.29 is 4.79 Å². The van der Waals surface area contributed by atoms with E-state index in [4.69, 9.17) is 0 Å². The SMILES string of the molecule is CCCCNC(=O)c1c[nH]ccc1=O. The Morgan fingerprint density at radius 2 is 2.36 bits per heavy atom. The number of carbonyl (C=O) groups excluding carboxylic acids is 1. The highest BCUT2D eigenvalue weighted by atomic mass is 16.2. The maximum Gasteiger partial charge on any atom is 0.256 e. The summed E-state index contributed by atoms with van der Waals surface area (Å²) in [6.07, 6.45) is 4.87. The van der Waals surface area contributed by atoms with Gasteiger partial charge in [-0.25, -0.2) is 0 Å². The van der Waals surface area contributed by atoms with Gasteiger partial charge in [0.1, 0.15) is 5.56 Å². The lowest BCUT2D eigenvalue weighted by Gasteiger charge is -2.02. The van der Waals surface area contributed by atoms with Crippen molar-refractivity contribution in [3.05, 3.63) is 34.2 Å². The van der Waals surface area contributed by atoms with Crippen LogP contribution in [0.2, 0.25) is 0 Å². The normalized spacial score (nSPS) is 9.79. The van der Waals surface area contributed by atoms with Gasteiger partial charge in [-0.1, -0.05) is 13.3 Å². The van der Waals surface area contributed by atoms with E-state index in [0.717, 1.165) is 12.8 Å². The second-order valence-corrected chi connectivity index (χ2v) is 3.03. The number of pyridine rings is 1. The first-order chi connectivity index (χ1) is 6.75. The Bertz CT molecular complexity index is 357. The number of H-pyrrole nitrogens is 1. The molecule has 0 saturated carbocycles. The Hall–Kier alpha value is -1.58. The minimum Gasteiger partial charge on any atom is -0.367 e. The van der Waals surface area contributed by atoms with Crippen molar-refractivity contribution in [1.29, 1.82) is 0 Å². The number of nitrogens with one attached hydrogen (secondary N) is 2. The van der Waals surface area contributed by atoms with E-state index in [0.29, 0.717) is 6.54 Å². The van der Waals surface area contributed by atoms with Crippen molar-refractivity contribution >= 4 is 5.91 Å². The lowest BCUT2D eigenvalue weighted by atomic mass is 10.2. The number of unbranched alkanes of at least 4 members (excludes halogenated alkanes) is 1. The minimum atomic E-state index is -0.305. The predicted molar refractivity (Wildman–Crippen MR) is 54.3 cm³/mol. The summed E-state index contributed by atoms with van der Waals surface area (Å²) >= 11 is 0. The van der Waals surface area contributed by atoms with Gasteiger partial charge in [-0.2, -0.15) is 0 Å². The van der Waals surface area contributed by atoms with Gasteiger partial charge in [-0.05, 0) is 6.42 Å². The largest absolute Gasteiger partial charge is 0.367 e. The minimum absolute atomic E-state index is 0.170. The number of rotatable bonds is 4. The third kappa shape index (κ3) is 2.73. The van der Waals surface area contributed by atoms with E-state index in [1.165, 1.54) is 18.5 Å². The summed E-state index contributed by atoms with van der Waals surface area (Å²) in [7, 11) is 0. The summed E-state index contributed by atoms with van der Waals surface area (Å²) in [6.45, 7) is 2.66. The van der Waals surface area contributed by atoms with Gasteiger partial charge in [0.15, 0.2) is 5.43 Å². The average molecular weight is 194 g/mol. The van der Waals surface area contributed by atoms with Gasteiger partial charge in [0.05, 0.1) is 0 Å². The smallest absolute Gasteiger partial charge is 0.256 e. The van der Waals surface area contributed by atoms with Crippen LogP contribution in [0.3, 0.4) is 0 Å². The molecular formula is C10H14N2O2. The first-order valence-electron chi connectivity index (χ1n) is 4.71. The molecule has 14 heavy (non-hydrogen) atoms. The van der Waals surface area contributed by atoms with Crippen molar-refractivity contribution in [2.45, 2.75) is 19.8 Å². The first-order valence-corrected chi connectivity index (χ1v) is 4.71. The molecule has 76 valence electrons. The molecule has 1 aromatic rings. The van der Waals surface area contributed by atoms with Crippen LogP contribution in [-0.4, -0.2) is 17.4 Å². The second-order valence-electron chi connectivity index (χ2n) is 3.03. The summed E-state index contributed by atoms with van der Waals surface area (Å²) < 4.78 is 0. The number of amides is 1. The molecule has 0 radical (unpaired) electrons. The molecule has 0 saturated heterocycles. The van der Waals surface area contributed by atoms with Crippen LogP contribution in [0.1, 0.15) is 30.1 Å².